The third kappa shape index (κ3) is 3.99. The van der Waals surface area contributed by atoms with Crippen LogP contribution < -0.4 is 10.6 Å². The molecule has 2 aromatic rings. The number of carbonyl (C=O) groups is 2. The van der Waals surface area contributed by atoms with Crippen molar-refractivity contribution in [2.24, 2.45) is 0 Å². The lowest BCUT2D eigenvalue weighted by atomic mass is 10.1. The van der Waals surface area contributed by atoms with Crippen LogP contribution in [-0.2, 0) is 4.79 Å². The predicted molar refractivity (Wildman–Crippen MR) is 91.7 cm³/mol. The summed E-state index contributed by atoms with van der Waals surface area (Å²) in [5.74, 6) is -0.111. The normalized spacial score (nSPS) is 16.0. The molecule has 0 radical (unpaired) electrons. The van der Waals surface area contributed by atoms with Gasteiger partial charge in [0, 0.05) is 5.92 Å². The molecule has 3 rings (SSSR count). The molecule has 1 aromatic carbocycles. The quantitative estimate of drug-likeness (QED) is 0.617. The Bertz CT molecular complexity index is 841. The second-order valence-electron chi connectivity index (χ2n) is 6.67. The molecule has 9 heteroatoms. The number of carboxylic acids is 1. The van der Waals surface area contributed by atoms with Crippen molar-refractivity contribution in [3.8, 4) is 11.5 Å². The monoisotopic (exact) mass is 360 g/mol. The Labute approximate surface area is 149 Å². The topological polar surface area (TPSA) is 138 Å². The van der Waals surface area contributed by atoms with Gasteiger partial charge in [-0.05, 0) is 38.8 Å². The highest BCUT2D eigenvalue weighted by Crippen LogP contribution is 2.39. The van der Waals surface area contributed by atoms with Crippen molar-refractivity contribution in [2.45, 2.75) is 38.2 Å². The number of hydrogen-bond acceptors (Lipinski definition) is 6. The standard InChI is InChI=1S/C17H20N4O5/c1-9-3-6-12(19-16(24)18-8-17(2,25)15(22)23)11(7-9)14-20-13(21-26-14)10-4-5-10/h3,6-7,10,25H,4-5,8H2,1-2H3,(H,22,23)(H2,18,19,24). The van der Waals surface area contributed by atoms with Crippen molar-refractivity contribution in [1.29, 1.82) is 0 Å². The first-order valence-electron chi connectivity index (χ1n) is 8.21. The number of aliphatic hydroxyl groups is 1. The van der Waals surface area contributed by atoms with Crippen molar-refractivity contribution in [3.05, 3.63) is 29.6 Å². The number of urea groups is 1. The molecular formula is C17H20N4O5. The fourth-order valence-electron chi connectivity index (χ4n) is 2.29. The lowest BCUT2D eigenvalue weighted by molar-refractivity contribution is -0.155. The molecule has 1 heterocycles. The smallest absolute Gasteiger partial charge is 0.337 e. The Kier molecular flexibility index (Phi) is 4.64. The number of amides is 2. The number of aromatic nitrogens is 2. The summed E-state index contributed by atoms with van der Waals surface area (Å²) >= 11 is 0. The lowest BCUT2D eigenvalue weighted by Gasteiger charge is -2.18. The second kappa shape index (κ2) is 6.75. The lowest BCUT2D eigenvalue weighted by Crippen LogP contribution is -2.47. The number of benzene rings is 1. The van der Waals surface area contributed by atoms with E-state index in [1.807, 2.05) is 19.1 Å². The number of nitrogens with one attached hydrogen (secondary N) is 2. The van der Waals surface area contributed by atoms with E-state index in [1.165, 1.54) is 0 Å². The molecule has 2 amide bonds. The van der Waals surface area contributed by atoms with Gasteiger partial charge < -0.3 is 25.4 Å². The van der Waals surface area contributed by atoms with Gasteiger partial charge in [-0.25, -0.2) is 9.59 Å². The van der Waals surface area contributed by atoms with Gasteiger partial charge in [-0.3, -0.25) is 0 Å². The highest BCUT2D eigenvalue weighted by Gasteiger charge is 2.31. The zero-order chi connectivity index (χ0) is 18.9. The highest BCUT2D eigenvalue weighted by molar-refractivity contribution is 5.94. The van der Waals surface area contributed by atoms with Crippen LogP contribution in [-0.4, -0.2) is 44.5 Å². The van der Waals surface area contributed by atoms with Gasteiger partial charge in [0.1, 0.15) is 0 Å². The van der Waals surface area contributed by atoms with Gasteiger partial charge in [0.25, 0.3) is 5.89 Å². The average molecular weight is 360 g/mol. The number of anilines is 1. The van der Waals surface area contributed by atoms with Crippen LogP contribution >= 0.6 is 0 Å². The summed E-state index contributed by atoms with van der Waals surface area (Å²) in [6.45, 7) is 2.56. The Hall–Kier alpha value is -2.94. The summed E-state index contributed by atoms with van der Waals surface area (Å²) in [6, 6.07) is 4.66. The second-order valence-corrected chi connectivity index (χ2v) is 6.67. The maximum atomic E-state index is 12.1. The van der Waals surface area contributed by atoms with Gasteiger partial charge in [0.15, 0.2) is 11.4 Å². The number of aryl methyl sites for hydroxylation is 1. The Morgan fingerprint density at radius 1 is 1.38 bits per heavy atom. The first-order valence-corrected chi connectivity index (χ1v) is 8.21. The van der Waals surface area contributed by atoms with Crippen molar-refractivity contribution in [1.82, 2.24) is 15.5 Å². The zero-order valence-corrected chi connectivity index (χ0v) is 14.4. The molecule has 1 saturated carbocycles. The number of nitrogens with zero attached hydrogens (tertiary/aromatic N) is 2. The summed E-state index contributed by atoms with van der Waals surface area (Å²) < 4.78 is 5.32. The molecule has 1 unspecified atom stereocenters. The average Bonchev–Trinajstić information content (AvgIpc) is 3.32. The molecular weight excluding hydrogens is 340 g/mol. The molecule has 1 atom stereocenters. The molecule has 26 heavy (non-hydrogen) atoms. The fraction of sp³-hybridized carbons (Fsp3) is 0.412. The molecule has 1 fully saturated rings. The van der Waals surface area contributed by atoms with Crippen LogP contribution in [0.4, 0.5) is 10.5 Å². The van der Waals surface area contributed by atoms with Gasteiger partial charge in [-0.1, -0.05) is 16.8 Å². The molecule has 9 nitrogen and oxygen atoms in total. The Morgan fingerprint density at radius 2 is 2.12 bits per heavy atom. The van der Waals surface area contributed by atoms with Crippen LogP contribution in [0.15, 0.2) is 22.7 Å². The van der Waals surface area contributed by atoms with Crippen molar-refractivity contribution in [2.75, 3.05) is 11.9 Å². The van der Waals surface area contributed by atoms with E-state index in [2.05, 4.69) is 20.8 Å². The molecule has 0 spiro atoms. The largest absolute Gasteiger partial charge is 0.479 e. The number of hydrogen-bond donors (Lipinski definition) is 4. The molecule has 1 aliphatic rings. The van der Waals surface area contributed by atoms with E-state index in [0.717, 1.165) is 25.3 Å². The van der Waals surface area contributed by atoms with Crippen molar-refractivity contribution < 1.29 is 24.3 Å². The van der Waals surface area contributed by atoms with E-state index in [1.54, 1.807) is 6.07 Å². The molecule has 0 bridgehead atoms. The van der Waals surface area contributed by atoms with Gasteiger partial charge in [0.05, 0.1) is 17.8 Å². The maximum absolute atomic E-state index is 12.1. The summed E-state index contributed by atoms with van der Waals surface area (Å²) in [7, 11) is 0. The Morgan fingerprint density at radius 3 is 2.77 bits per heavy atom. The number of carboxylic acid groups (broad SMARTS) is 1. The molecule has 1 aliphatic carbocycles. The van der Waals surface area contributed by atoms with Crippen LogP contribution in [0, 0.1) is 6.92 Å². The molecule has 0 saturated heterocycles. The van der Waals surface area contributed by atoms with E-state index in [-0.39, 0.29) is 0 Å². The molecule has 4 N–H and O–H groups in total. The van der Waals surface area contributed by atoms with E-state index in [4.69, 9.17) is 9.63 Å². The van der Waals surface area contributed by atoms with Crippen LogP contribution in [0.25, 0.3) is 11.5 Å². The third-order valence-corrected chi connectivity index (χ3v) is 4.09. The van der Waals surface area contributed by atoms with Gasteiger partial charge in [-0.15, -0.1) is 0 Å². The van der Waals surface area contributed by atoms with Crippen LogP contribution in [0.3, 0.4) is 0 Å². The van der Waals surface area contributed by atoms with Crippen LogP contribution in [0.2, 0.25) is 0 Å². The summed E-state index contributed by atoms with van der Waals surface area (Å²) in [4.78, 5) is 27.4. The maximum Gasteiger partial charge on any atom is 0.337 e. The molecule has 1 aromatic heterocycles. The van der Waals surface area contributed by atoms with Crippen molar-refractivity contribution in [3.63, 3.8) is 0 Å². The zero-order valence-electron chi connectivity index (χ0n) is 14.4. The van der Waals surface area contributed by atoms with Gasteiger partial charge in [-0.2, -0.15) is 4.98 Å². The van der Waals surface area contributed by atoms with E-state index >= 15 is 0 Å². The Balaban J connectivity index is 1.75. The number of aliphatic carboxylic acids is 1. The van der Waals surface area contributed by atoms with E-state index in [0.29, 0.717) is 28.9 Å². The minimum Gasteiger partial charge on any atom is -0.479 e. The summed E-state index contributed by atoms with van der Waals surface area (Å²) in [5.41, 5.74) is -0.0939. The fourth-order valence-corrected chi connectivity index (χ4v) is 2.29. The van der Waals surface area contributed by atoms with Gasteiger partial charge in [0.2, 0.25) is 0 Å². The number of carbonyl (C=O) groups excluding carboxylic acids is 1. The summed E-state index contributed by atoms with van der Waals surface area (Å²) in [6.07, 6.45) is 2.09. The van der Waals surface area contributed by atoms with Gasteiger partial charge >= 0.3 is 12.0 Å². The minimum absolute atomic E-state index is 0.309. The highest BCUT2D eigenvalue weighted by atomic mass is 16.5. The van der Waals surface area contributed by atoms with Crippen molar-refractivity contribution >= 4 is 17.7 Å². The van der Waals surface area contributed by atoms with Crippen LogP contribution in [0.1, 0.15) is 37.1 Å². The minimum atomic E-state index is -2.06. The first kappa shape index (κ1) is 17.9. The predicted octanol–water partition coefficient (Wildman–Crippen LogP) is 1.88. The first-order chi connectivity index (χ1) is 12.3. The summed E-state index contributed by atoms with van der Waals surface area (Å²) in [5, 5.41) is 27.5. The van der Waals surface area contributed by atoms with E-state index in [9.17, 15) is 14.7 Å². The van der Waals surface area contributed by atoms with Crippen LogP contribution in [0.5, 0.6) is 0 Å². The number of rotatable bonds is 6. The molecule has 0 aliphatic heterocycles. The van der Waals surface area contributed by atoms with E-state index < -0.39 is 24.1 Å². The SMILES string of the molecule is Cc1ccc(NC(=O)NCC(C)(O)C(=O)O)c(-c2nc(C3CC3)no2)c1. The molecule has 138 valence electrons. The third-order valence-electron chi connectivity index (χ3n) is 4.09.